The monoisotopic (exact) mass is 380 g/mol. The molecule has 4 aromatic rings. The van der Waals surface area contributed by atoms with Gasteiger partial charge in [-0.2, -0.15) is 10.1 Å². The lowest BCUT2D eigenvalue weighted by atomic mass is 10.1. The second kappa shape index (κ2) is 6.24. The Morgan fingerprint density at radius 2 is 2.07 bits per heavy atom. The highest BCUT2D eigenvalue weighted by atomic mass is 35.5. The van der Waals surface area contributed by atoms with Gasteiger partial charge in [0.05, 0.1) is 17.4 Å². The van der Waals surface area contributed by atoms with Crippen LogP contribution in [-0.2, 0) is 6.42 Å². The summed E-state index contributed by atoms with van der Waals surface area (Å²) >= 11 is 6.25. The topological polar surface area (TPSA) is 121 Å². The van der Waals surface area contributed by atoms with E-state index in [2.05, 4.69) is 35.5 Å². The minimum Gasteiger partial charge on any atom is -0.368 e. The molecule has 1 fully saturated rings. The molecule has 0 radical (unpaired) electrons. The molecule has 8 nitrogen and oxygen atoms in total. The zero-order valence-electron chi connectivity index (χ0n) is 14.3. The average molecular weight is 381 g/mol. The first-order valence-electron chi connectivity index (χ1n) is 8.71. The molecule has 27 heavy (non-hydrogen) atoms. The number of halogens is 1. The van der Waals surface area contributed by atoms with Gasteiger partial charge < -0.3 is 16.0 Å². The first-order valence-corrected chi connectivity index (χ1v) is 9.09. The summed E-state index contributed by atoms with van der Waals surface area (Å²) in [6, 6.07) is 5.78. The SMILES string of the molecule is Nc1ncc(Cc2cc(Cl)cc3[nH]cnc23)c(Nc2cc(C3CC3)[nH]n2)n1. The molecule has 3 aromatic heterocycles. The summed E-state index contributed by atoms with van der Waals surface area (Å²) in [4.78, 5) is 16.0. The summed E-state index contributed by atoms with van der Waals surface area (Å²) < 4.78 is 0. The van der Waals surface area contributed by atoms with E-state index in [0.717, 1.165) is 27.9 Å². The molecule has 0 atom stereocenters. The predicted octanol–water partition coefficient (Wildman–Crippen LogP) is 3.52. The molecule has 3 heterocycles. The fourth-order valence-electron chi connectivity index (χ4n) is 3.21. The van der Waals surface area contributed by atoms with Crippen molar-refractivity contribution in [2.75, 3.05) is 11.1 Å². The van der Waals surface area contributed by atoms with Gasteiger partial charge in [-0.1, -0.05) is 11.6 Å². The van der Waals surface area contributed by atoms with Gasteiger partial charge in [0, 0.05) is 40.9 Å². The molecular formula is C18H17ClN8. The summed E-state index contributed by atoms with van der Waals surface area (Å²) in [5.41, 5.74) is 10.6. The van der Waals surface area contributed by atoms with Crippen LogP contribution in [0.5, 0.6) is 0 Å². The van der Waals surface area contributed by atoms with Crippen molar-refractivity contribution >= 4 is 40.2 Å². The number of hydrogen-bond acceptors (Lipinski definition) is 6. The van der Waals surface area contributed by atoms with E-state index in [4.69, 9.17) is 17.3 Å². The van der Waals surface area contributed by atoms with Crippen LogP contribution in [0.3, 0.4) is 0 Å². The third-order valence-electron chi connectivity index (χ3n) is 4.69. The standard InChI is InChI=1S/C18H17ClN8/c19-12-4-10(16-14(5-12)22-8-23-16)3-11-7-21-18(20)25-17(11)24-15-6-13(26-27-15)9-1-2-9/h4-9H,1-3H2,(H,22,23)(H4,20,21,24,25,26,27). The number of rotatable bonds is 5. The molecular weight excluding hydrogens is 364 g/mol. The van der Waals surface area contributed by atoms with E-state index in [1.165, 1.54) is 12.8 Å². The minimum atomic E-state index is 0.204. The largest absolute Gasteiger partial charge is 0.368 e. The maximum absolute atomic E-state index is 6.25. The lowest BCUT2D eigenvalue weighted by Gasteiger charge is -2.10. The van der Waals surface area contributed by atoms with Crippen molar-refractivity contribution in [3.05, 3.63) is 52.6 Å². The Morgan fingerprint density at radius 3 is 2.93 bits per heavy atom. The molecule has 5 N–H and O–H groups in total. The number of aromatic amines is 2. The summed E-state index contributed by atoms with van der Waals surface area (Å²) in [5.74, 6) is 2.14. The van der Waals surface area contributed by atoms with E-state index in [1.807, 2.05) is 18.2 Å². The van der Waals surface area contributed by atoms with Crippen LogP contribution in [0.15, 0.2) is 30.7 Å². The molecule has 0 spiro atoms. The van der Waals surface area contributed by atoms with Crippen LogP contribution in [0.1, 0.15) is 35.6 Å². The highest BCUT2D eigenvalue weighted by Crippen LogP contribution is 2.39. The number of aromatic nitrogens is 6. The smallest absolute Gasteiger partial charge is 0.221 e. The van der Waals surface area contributed by atoms with Crippen LogP contribution in [-0.4, -0.2) is 30.1 Å². The van der Waals surface area contributed by atoms with Gasteiger partial charge >= 0.3 is 0 Å². The number of benzene rings is 1. The molecule has 1 aliphatic carbocycles. The van der Waals surface area contributed by atoms with E-state index < -0.39 is 0 Å². The molecule has 1 saturated carbocycles. The zero-order chi connectivity index (χ0) is 18.4. The van der Waals surface area contributed by atoms with Crippen LogP contribution in [0.2, 0.25) is 5.02 Å². The van der Waals surface area contributed by atoms with E-state index in [9.17, 15) is 0 Å². The quantitative estimate of drug-likeness (QED) is 0.420. The van der Waals surface area contributed by atoms with Crippen LogP contribution < -0.4 is 11.1 Å². The van der Waals surface area contributed by atoms with Crippen LogP contribution in [0, 0.1) is 0 Å². The van der Waals surface area contributed by atoms with Gasteiger partial charge in [0.2, 0.25) is 5.95 Å². The highest BCUT2D eigenvalue weighted by molar-refractivity contribution is 6.31. The predicted molar refractivity (Wildman–Crippen MR) is 104 cm³/mol. The molecule has 1 aromatic carbocycles. The fraction of sp³-hybridized carbons (Fsp3) is 0.222. The van der Waals surface area contributed by atoms with Crippen LogP contribution in [0.25, 0.3) is 11.0 Å². The number of nitrogens with two attached hydrogens (primary N) is 1. The Kier molecular flexibility index (Phi) is 3.71. The molecule has 1 aliphatic rings. The Labute approximate surface area is 159 Å². The first kappa shape index (κ1) is 16.1. The maximum atomic E-state index is 6.25. The van der Waals surface area contributed by atoms with E-state index in [-0.39, 0.29) is 5.95 Å². The van der Waals surface area contributed by atoms with E-state index in [1.54, 1.807) is 12.5 Å². The molecule has 0 amide bonds. The highest BCUT2D eigenvalue weighted by Gasteiger charge is 2.25. The molecule has 136 valence electrons. The van der Waals surface area contributed by atoms with Crippen molar-refractivity contribution in [2.45, 2.75) is 25.2 Å². The zero-order valence-corrected chi connectivity index (χ0v) is 15.1. The minimum absolute atomic E-state index is 0.204. The second-order valence-corrected chi connectivity index (χ2v) is 7.19. The number of imidazole rings is 1. The Balaban J connectivity index is 1.49. The van der Waals surface area contributed by atoms with Crippen molar-refractivity contribution in [2.24, 2.45) is 0 Å². The summed E-state index contributed by atoms with van der Waals surface area (Å²) in [5, 5.41) is 11.3. The average Bonchev–Trinajstić information content (AvgIpc) is 3.19. The Bertz CT molecular complexity index is 1130. The fourth-order valence-corrected chi connectivity index (χ4v) is 3.45. The van der Waals surface area contributed by atoms with Gasteiger partial charge in [-0.15, -0.1) is 0 Å². The van der Waals surface area contributed by atoms with Crippen LogP contribution >= 0.6 is 11.6 Å². The first-order chi connectivity index (χ1) is 13.2. The van der Waals surface area contributed by atoms with Crippen LogP contribution in [0.4, 0.5) is 17.6 Å². The van der Waals surface area contributed by atoms with Crippen molar-refractivity contribution in [1.82, 2.24) is 30.1 Å². The number of hydrogen-bond donors (Lipinski definition) is 4. The van der Waals surface area contributed by atoms with Gasteiger partial charge in [0.25, 0.3) is 0 Å². The lowest BCUT2D eigenvalue weighted by Crippen LogP contribution is -2.05. The van der Waals surface area contributed by atoms with Gasteiger partial charge in [-0.3, -0.25) is 5.10 Å². The van der Waals surface area contributed by atoms with Crippen molar-refractivity contribution < 1.29 is 0 Å². The van der Waals surface area contributed by atoms with E-state index in [0.29, 0.717) is 29.0 Å². The van der Waals surface area contributed by atoms with Crippen molar-refractivity contribution in [1.29, 1.82) is 0 Å². The summed E-state index contributed by atoms with van der Waals surface area (Å²) in [6.45, 7) is 0. The number of nitrogens with zero attached hydrogens (tertiary/aromatic N) is 4. The maximum Gasteiger partial charge on any atom is 0.221 e. The number of fused-ring (bicyclic) bond motifs is 1. The van der Waals surface area contributed by atoms with Gasteiger partial charge in [0.1, 0.15) is 5.82 Å². The molecule has 0 aliphatic heterocycles. The summed E-state index contributed by atoms with van der Waals surface area (Å²) in [6.07, 6.45) is 6.36. The lowest BCUT2D eigenvalue weighted by molar-refractivity contribution is 0.965. The van der Waals surface area contributed by atoms with E-state index >= 15 is 0 Å². The molecule has 0 bridgehead atoms. The van der Waals surface area contributed by atoms with Gasteiger partial charge in [-0.25, -0.2) is 9.97 Å². The number of anilines is 3. The number of H-pyrrole nitrogens is 2. The summed E-state index contributed by atoms with van der Waals surface area (Å²) in [7, 11) is 0. The second-order valence-electron chi connectivity index (χ2n) is 6.75. The Hall–Kier alpha value is -3.13. The number of nitrogen functional groups attached to an aromatic ring is 1. The van der Waals surface area contributed by atoms with Gasteiger partial charge in [-0.05, 0) is 30.5 Å². The van der Waals surface area contributed by atoms with Gasteiger partial charge in [0.15, 0.2) is 5.82 Å². The normalized spacial score (nSPS) is 14.0. The third kappa shape index (κ3) is 3.19. The molecule has 5 rings (SSSR count). The van der Waals surface area contributed by atoms with Crippen molar-refractivity contribution in [3.8, 4) is 0 Å². The Morgan fingerprint density at radius 1 is 1.19 bits per heavy atom. The molecule has 9 heteroatoms. The number of nitrogens with one attached hydrogen (secondary N) is 3. The molecule has 0 unspecified atom stereocenters. The molecule has 0 saturated heterocycles. The third-order valence-corrected chi connectivity index (χ3v) is 4.91. The van der Waals surface area contributed by atoms with Crippen molar-refractivity contribution in [3.63, 3.8) is 0 Å².